The standard InChI is InChI=1S/C30H37N3O2/c1-4-8-23-16-22(15-21-9-6-5-7-10-21)17-26-28(11-12-32-29(23)26)33-30(35)27(31)18-25-19(2)13-24(34)14-20(25)3/h5-7,9-10,13-14,16-17,27-28,32,34H,4,8,11-12,15,18,31H2,1-3H3,(H,33,35)/t27-,28+/m0/s1. The molecule has 0 radical (unpaired) electrons. The average molecular weight is 472 g/mol. The van der Waals surface area contributed by atoms with Crippen LogP contribution in [0.2, 0.25) is 0 Å². The van der Waals surface area contributed by atoms with E-state index in [1.807, 2.05) is 19.9 Å². The number of aromatic hydroxyl groups is 1. The summed E-state index contributed by atoms with van der Waals surface area (Å²) < 4.78 is 0. The highest BCUT2D eigenvalue weighted by Crippen LogP contribution is 2.35. The zero-order valence-electron chi connectivity index (χ0n) is 21.0. The SMILES string of the molecule is CCCc1cc(Cc2ccccc2)cc2c1NCC[C@H]2NC(=O)[C@@H](N)Cc1c(C)cc(O)cc1C. The summed E-state index contributed by atoms with van der Waals surface area (Å²) >= 11 is 0. The highest BCUT2D eigenvalue weighted by atomic mass is 16.3. The molecule has 1 heterocycles. The van der Waals surface area contributed by atoms with E-state index in [2.05, 4.69) is 54.0 Å². The van der Waals surface area contributed by atoms with Gasteiger partial charge in [-0.05, 0) is 90.6 Å². The van der Waals surface area contributed by atoms with Crippen molar-refractivity contribution in [2.24, 2.45) is 5.73 Å². The number of rotatable bonds is 8. The Morgan fingerprint density at radius 3 is 2.51 bits per heavy atom. The summed E-state index contributed by atoms with van der Waals surface area (Å²) in [6, 6.07) is 17.8. The molecule has 0 unspecified atom stereocenters. The zero-order chi connectivity index (χ0) is 24.9. The summed E-state index contributed by atoms with van der Waals surface area (Å²) in [5, 5.41) is 16.7. The summed E-state index contributed by atoms with van der Waals surface area (Å²) in [7, 11) is 0. The van der Waals surface area contributed by atoms with Crippen LogP contribution in [0.25, 0.3) is 0 Å². The van der Waals surface area contributed by atoms with Gasteiger partial charge in [-0.1, -0.05) is 55.8 Å². The molecule has 0 aliphatic carbocycles. The molecule has 0 saturated heterocycles. The molecule has 3 aromatic rings. The maximum absolute atomic E-state index is 13.2. The number of nitrogens with two attached hydrogens (primary N) is 1. The van der Waals surface area contributed by atoms with Gasteiger partial charge in [-0.25, -0.2) is 0 Å². The van der Waals surface area contributed by atoms with Gasteiger partial charge in [0.1, 0.15) is 5.75 Å². The lowest BCUT2D eigenvalue weighted by atomic mass is 9.89. The summed E-state index contributed by atoms with van der Waals surface area (Å²) in [5.74, 6) is 0.0995. The van der Waals surface area contributed by atoms with Crippen molar-refractivity contribution in [2.45, 2.75) is 65.0 Å². The Labute approximate surface area is 208 Å². The van der Waals surface area contributed by atoms with Crippen LogP contribution in [0, 0.1) is 13.8 Å². The minimum absolute atomic E-state index is 0.0712. The molecule has 3 aromatic carbocycles. The molecule has 0 fully saturated rings. The van der Waals surface area contributed by atoms with Gasteiger partial charge in [0.2, 0.25) is 5.91 Å². The van der Waals surface area contributed by atoms with Crippen LogP contribution >= 0.6 is 0 Å². The molecule has 1 aliphatic heterocycles. The van der Waals surface area contributed by atoms with Gasteiger partial charge in [-0.15, -0.1) is 0 Å². The number of benzene rings is 3. The second kappa shape index (κ2) is 11.0. The first kappa shape index (κ1) is 24.8. The van der Waals surface area contributed by atoms with Gasteiger partial charge in [0.25, 0.3) is 0 Å². The van der Waals surface area contributed by atoms with Crippen LogP contribution < -0.4 is 16.4 Å². The van der Waals surface area contributed by atoms with E-state index < -0.39 is 6.04 Å². The van der Waals surface area contributed by atoms with E-state index in [1.165, 1.54) is 22.4 Å². The van der Waals surface area contributed by atoms with Crippen LogP contribution in [-0.2, 0) is 24.1 Å². The Hall–Kier alpha value is -3.31. The number of phenols is 1. The number of amides is 1. The van der Waals surface area contributed by atoms with E-state index >= 15 is 0 Å². The molecule has 184 valence electrons. The van der Waals surface area contributed by atoms with Gasteiger partial charge in [0.05, 0.1) is 12.1 Å². The first-order valence-corrected chi connectivity index (χ1v) is 12.6. The molecular weight excluding hydrogens is 434 g/mol. The fraction of sp³-hybridized carbons (Fsp3) is 0.367. The fourth-order valence-corrected chi connectivity index (χ4v) is 5.22. The van der Waals surface area contributed by atoms with Crippen molar-refractivity contribution in [1.29, 1.82) is 0 Å². The van der Waals surface area contributed by atoms with Gasteiger partial charge in [0.15, 0.2) is 0 Å². The predicted molar refractivity (Wildman–Crippen MR) is 143 cm³/mol. The minimum atomic E-state index is -0.655. The first-order chi connectivity index (χ1) is 16.9. The minimum Gasteiger partial charge on any atom is -0.508 e. The molecule has 2 atom stereocenters. The fourth-order valence-electron chi connectivity index (χ4n) is 5.22. The van der Waals surface area contributed by atoms with Crippen molar-refractivity contribution in [2.75, 3.05) is 11.9 Å². The van der Waals surface area contributed by atoms with Crippen LogP contribution in [-0.4, -0.2) is 23.6 Å². The van der Waals surface area contributed by atoms with Crippen LogP contribution in [0.5, 0.6) is 5.75 Å². The van der Waals surface area contributed by atoms with E-state index in [1.54, 1.807) is 12.1 Å². The van der Waals surface area contributed by atoms with Crippen LogP contribution in [0.1, 0.15) is 64.8 Å². The van der Waals surface area contributed by atoms with Crippen molar-refractivity contribution < 1.29 is 9.90 Å². The van der Waals surface area contributed by atoms with Crippen molar-refractivity contribution in [3.05, 3.63) is 93.5 Å². The number of phenolic OH excluding ortho intramolecular Hbond substituents is 1. The van der Waals surface area contributed by atoms with Crippen molar-refractivity contribution in [3.63, 3.8) is 0 Å². The van der Waals surface area contributed by atoms with E-state index in [4.69, 9.17) is 5.73 Å². The van der Waals surface area contributed by atoms with Crippen LogP contribution in [0.3, 0.4) is 0 Å². The molecule has 5 N–H and O–H groups in total. The molecule has 0 spiro atoms. The van der Waals surface area contributed by atoms with Crippen molar-refractivity contribution in [3.8, 4) is 5.75 Å². The molecule has 5 nitrogen and oxygen atoms in total. The summed E-state index contributed by atoms with van der Waals surface area (Å²) in [5.41, 5.74) is 15.5. The second-order valence-electron chi connectivity index (χ2n) is 9.78. The Morgan fingerprint density at radius 1 is 1.11 bits per heavy atom. The molecule has 5 heteroatoms. The quantitative estimate of drug-likeness (QED) is 0.368. The summed E-state index contributed by atoms with van der Waals surface area (Å²) in [4.78, 5) is 13.2. The number of carbonyl (C=O) groups excluding carboxylic acids is 1. The van der Waals surface area contributed by atoms with Crippen LogP contribution in [0.4, 0.5) is 5.69 Å². The lowest BCUT2D eigenvalue weighted by Gasteiger charge is -2.31. The number of aryl methyl sites for hydroxylation is 3. The highest BCUT2D eigenvalue weighted by molar-refractivity contribution is 5.83. The van der Waals surface area contributed by atoms with Gasteiger partial charge < -0.3 is 21.5 Å². The third-order valence-electron chi connectivity index (χ3n) is 6.95. The van der Waals surface area contributed by atoms with Crippen molar-refractivity contribution in [1.82, 2.24) is 5.32 Å². The Balaban J connectivity index is 1.56. The van der Waals surface area contributed by atoms with Gasteiger partial charge in [0, 0.05) is 12.2 Å². The summed E-state index contributed by atoms with van der Waals surface area (Å²) in [6.45, 7) is 6.90. The number of carbonyl (C=O) groups is 1. The van der Waals surface area contributed by atoms with Gasteiger partial charge >= 0.3 is 0 Å². The highest BCUT2D eigenvalue weighted by Gasteiger charge is 2.27. The van der Waals surface area contributed by atoms with Crippen LogP contribution in [0.15, 0.2) is 54.6 Å². The lowest BCUT2D eigenvalue weighted by Crippen LogP contribution is -2.45. The topological polar surface area (TPSA) is 87.4 Å². The molecule has 35 heavy (non-hydrogen) atoms. The number of nitrogens with one attached hydrogen (secondary N) is 2. The number of fused-ring (bicyclic) bond motifs is 1. The Kier molecular flexibility index (Phi) is 7.76. The normalized spacial score (nSPS) is 15.7. The van der Waals surface area contributed by atoms with E-state index in [9.17, 15) is 9.90 Å². The third-order valence-corrected chi connectivity index (χ3v) is 6.95. The maximum atomic E-state index is 13.2. The first-order valence-electron chi connectivity index (χ1n) is 12.6. The molecule has 1 amide bonds. The molecule has 1 aliphatic rings. The maximum Gasteiger partial charge on any atom is 0.237 e. The Bertz CT molecular complexity index is 1170. The summed E-state index contributed by atoms with van der Waals surface area (Å²) in [6.07, 6.45) is 4.19. The molecule has 0 aromatic heterocycles. The largest absolute Gasteiger partial charge is 0.508 e. The monoisotopic (exact) mass is 471 g/mol. The van der Waals surface area contributed by atoms with E-state index in [0.29, 0.717) is 6.42 Å². The number of anilines is 1. The molecular formula is C30H37N3O2. The Morgan fingerprint density at radius 2 is 1.83 bits per heavy atom. The lowest BCUT2D eigenvalue weighted by molar-refractivity contribution is -0.123. The van der Waals surface area contributed by atoms with Crippen molar-refractivity contribution >= 4 is 11.6 Å². The van der Waals surface area contributed by atoms with E-state index in [0.717, 1.165) is 54.5 Å². The molecule has 0 bridgehead atoms. The number of hydrogen-bond acceptors (Lipinski definition) is 4. The van der Waals surface area contributed by atoms with Gasteiger partial charge in [-0.3, -0.25) is 4.79 Å². The predicted octanol–water partition coefficient (Wildman–Crippen LogP) is 5.10. The zero-order valence-corrected chi connectivity index (χ0v) is 21.0. The smallest absolute Gasteiger partial charge is 0.237 e. The van der Waals surface area contributed by atoms with Gasteiger partial charge in [-0.2, -0.15) is 0 Å². The second-order valence-corrected chi connectivity index (χ2v) is 9.78. The molecule has 0 saturated carbocycles. The average Bonchev–Trinajstić information content (AvgIpc) is 2.82. The van der Waals surface area contributed by atoms with E-state index in [-0.39, 0.29) is 17.7 Å². The molecule has 4 rings (SSSR count). The third kappa shape index (κ3) is 5.85. The number of hydrogen-bond donors (Lipinski definition) is 4.